The minimum atomic E-state index is -0.449. The number of benzene rings is 1. The van der Waals surface area contributed by atoms with E-state index < -0.39 is 6.04 Å². The summed E-state index contributed by atoms with van der Waals surface area (Å²) >= 11 is 1.50. The molecule has 0 spiro atoms. The maximum Gasteiger partial charge on any atom is 0.338 e. The lowest BCUT2D eigenvalue weighted by molar-refractivity contribution is -0.139. The van der Waals surface area contributed by atoms with Gasteiger partial charge in [0.1, 0.15) is 5.75 Å². The van der Waals surface area contributed by atoms with Crippen molar-refractivity contribution in [1.29, 1.82) is 0 Å². The lowest BCUT2D eigenvalue weighted by Crippen LogP contribution is -2.51. The Morgan fingerprint density at radius 1 is 1.14 bits per heavy atom. The van der Waals surface area contributed by atoms with Crippen LogP contribution < -0.4 is 4.74 Å². The van der Waals surface area contributed by atoms with Gasteiger partial charge in [-0.05, 0) is 49.8 Å². The van der Waals surface area contributed by atoms with Gasteiger partial charge in [-0.25, -0.2) is 9.79 Å². The van der Waals surface area contributed by atoms with E-state index in [2.05, 4.69) is 4.90 Å². The molecule has 0 aromatic heterocycles. The van der Waals surface area contributed by atoms with Crippen LogP contribution in [0.5, 0.6) is 5.75 Å². The molecule has 1 aliphatic carbocycles. The van der Waals surface area contributed by atoms with Crippen molar-refractivity contribution in [2.45, 2.75) is 58.0 Å². The number of piperazine rings is 1. The highest BCUT2D eigenvalue weighted by atomic mass is 32.2. The van der Waals surface area contributed by atoms with Gasteiger partial charge in [-0.2, -0.15) is 0 Å². The van der Waals surface area contributed by atoms with Crippen molar-refractivity contribution in [1.82, 2.24) is 14.7 Å². The lowest BCUT2D eigenvalue weighted by Gasteiger charge is -2.39. The number of hydrogen-bond donors (Lipinski definition) is 0. The second kappa shape index (κ2) is 11.3. The summed E-state index contributed by atoms with van der Waals surface area (Å²) in [6, 6.07) is 7.96. The number of amidine groups is 1. The van der Waals surface area contributed by atoms with Crippen molar-refractivity contribution in [3.63, 3.8) is 0 Å². The number of nitrogens with zero attached hydrogens (tertiary/aromatic N) is 4. The summed E-state index contributed by atoms with van der Waals surface area (Å²) in [6.07, 6.45) is 5.50. The number of thioether (sulfide) groups is 1. The molecule has 9 heteroatoms. The molecule has 0 N–H and O–H groups in total. The topological polar surface area (TPSA) is 74.7 Å². The molecular formula is C28H36N4O4S. The Kier molecular flexibility index (Phi) is 7.90. The van der Waals surface area contributed by atoms with Crippen LogP contribution in [0.2, 0.25) is 0 Å². The number of esters is 1. The highest BCUT2D eigenvalue weighted by Gasteiger charge is 2.41. The number of rotatable bonds is 7. The third kappa shape index (κ3) is 5.29. The van der Waals surface area contributed by atoms with Crippen molar-refractivity contribution >= 4 is 28.8 Å². The van der Waals surface area contributed by atoms with Crippen LogP contribution in [0.15, 0.2) is 51.6 Å². The van der Waals surface area contributed by atoms with Crippen LogP contribution in [0.1, 0.15) is 57.6 Å². The molecule has 1 aromatic carbocycles. The first-order valence-electron chi connectivity index (χ1n) is 13.3. The van der Waals surface area contributed by atoms with Crippen molar-refractivity contribution in [3.8, 4) is 5.75 Å². The van der Waals surface area contributed by atoms with Crippen molar-refractivity contribution in [3.05, 3.63) is 52.2 Å². The molecule has 0 radical (unpaired) electrons. The zero-order valence-electron chi connectivity index (χ0n) is 21.9. The largest absolute Gasteiger partial charge is 0.497 e. The van der Waals surface area contributed by atoms with Crippen LogP contribution >= 0.6 is 11.8 Å². The average molecular weight is 525 g/mol. The van der Waals surface area contributed by atoms with E-state index in [1.54, 1.807) is 14.0 Å². The summed E-state index contributed by atoms with van der Waals surface area (Å²) in [6.45, 7) is 7.35. The van der Waals surface area contributed by atoms with E-state index in [0.717, 1.165) is 42.6 Å². The first-order chi connectivity index (χ1) is 18.0. The molecule has 1 atom stereocenters. The normalized spacial score (nSPS) is 22.6. The van der Waals surface area contributed by atoms with Crippen LogP contribution in [0.25, 0.3) is 0 Å². The monoisotopic (exact) mass is 524 g/mol. The van der Waals surface area contributed by atoms with E-state index in [-0.39, 0.29) is 24.9 Å². The Labute approximate surface area is 223 Å². The van der Waals surface area contributed by atoms with Gasteiger partial charge < -0.3 is 19.3 Å². The molecule has 5 rings (SSSR count). The first-order valence-corrected chi connectivity index (χ1v) is 14.2. The number of fused-ring (bicyclic) bond motifs is 1. The van der Waals surface area contributed by atoms with E-state index >= 15 is 0 Å². The molecule has 1 aromatic rings. The van der Waals surface area contributed by atoms with Gasteiger partial charge >= 0.3 is 5.97 Å². The maximum atomic E-state index is 13.4. The average Bonchev–Trinajstić information content (AvgIpc) is 3.59. The molecule has 3 aliphatic heterocycles. The SMILES string of the molecule is CCOC(=O)C1=C(C)N=C2SC=C(CC(=O)N3CCN(C4CCCC4)CC3)N2[C@H]1c1cccc(OC)c1. The quantitative estimate of drug-likeness (QED) is 0.492. The van der Waals surface area contributed by atoms with Gasteiger partial charge in [0.25, 0.3) is 0 Å². The Bertz CT molecular complexity index is 1130. The molecule has 0 bridgehead atoms. The van der Waals surface area contributed by atoms with Crippen LogP contribution in [0, 0.1) is 0 Å². The van der Waals surface area contributed by atoms with E-state index in [9.17, 15) is 9.59 Å². The summed E-state index contributed by atoms with van der Waals surface area (Å²) < 4.78 is 10.9. The zero-order valence-corrected chi connectivity index (χ0v) is 22.8. The Balaban J connectivity index is 1.37. The van der Waals surface area contributed by atoms with Gasteiger partial charge in [0, 0.05) is 37.9 Å². The number of aliphatic imine (C=N–C) groups is 1. The fourth-order valence-corrected chi connectivity index (χ4v) is 6.80. The number of methoxy groups -OCH3 is 1. The molecule has 2 fully saturated rings. The molecule has 1 saturated heterocycles. The molecule has 198 valence electrons. The molecule has 37 heavy (non-hydrogen) atoms. The second-order valence-corrected chi connectivity index (χ2v) is 10.8. The van der Waals surface area contributed by atoms with E-state index in [1.165, 1.54) is 37.4 Å². The Morgan fingerprint density at radius 3 is 2.59 bits per heavy atom. The van der Waals surface area contributed by atoms with Crippen LogP contribution in [0.4, 0.5) is 0 Å². The number of allylic oxidation sites excluding steroid dienone is 1. The molecule has 4 aliphatic rings. The van der Waals surface area contributed by atoms with E-state index in [4.69, 9.17) is 14.5 Å². The third-order valence-corrected chi connectivity index (χ3v) is 8.63. The maximum absolute atomic E-state index is 13.4. The summed E-state index contributed by atoms with van der Waals surface area (Å²) in [5.74, 6) is 0.435. The van der Waals surface area contributed by atoms with Crippen molar-refractivity contribution in [2.75, 3.05) is 39.9 Å². The summed E-state index contributed by atoms with van der Waals surface area (Å²) in [4.78, 5) is 37.9. The summed E-state index contributed by atoms with van der Waals surface area (Å²) in [7, 11) is 1.63. The van der Waals surface area contributed by atoms with Crippen LogP contribution in [-0.2, 0) is 14.3 Å². The van der Waals surface area contributed by atoms with Gasteiger partial charge in [0.15, 0.2) is 5.17 Å². The molecule has 1 amide bonds. The van der Waals surface area contributed by atoms with E-state index in [0.29, 0.717) is 23.1 Å². The molecule has 3 heterocycles. The second-order valence-electron chi connectivity index (χ2n) is 9.92. The zero-order chi connectivity index (χ0) is 25.9. The minimum Gasteiger partial charge on any atom is -0.497 e. The van der Waals surface area contributed by atoms with Gasteiger partial charge in [-0.1, -0.05) is 36.7 Å². The standard InChI is InChI=1S/C28H36N4O4S/c1-4-36-27(34)25-19(2)29-28-32(26(25)20-8-7-11-23(16-20)35-3)22(18-37-28)17-24(33)31-14-12-30(13-15-31)21-9-5-6-10-21/h7-8,11,16,18,21,26H,4-6,9-10,12-15,17H2,1-3H3/t26-/m0/s1. The number of hydrogen-bond acceptors (Lipinski definition) is 8. The molecular weight excluding hydrogens is 488 g/mol. The number of carbonyl (C=O) groups excluding carboxylic acids is 2. The van der Waals surface area contributed by atoms with Crippen molar-refractivity contribution in [2.24, 2.45) is 4.99 Å². The molecule has 0 unspecified atom stereocenters. The Morgan fingerprint density at radius 2 is 1.89 bits per heavy atom. The number of amides is 1. The van der Waals surface area contributed by atoms with Crippen molar-refractivity contribution < 1.29 is 19.1 Å². The lowest BCUT2D eigenvalue weighted by atomic mass is 9.93. The Hall–Kier alpha value is -2.78. The number of ether oxygens (including phenoxy) is 2. The molecule has 1 saturated carbocycles. The third-order valence-electron chi connectivity index (χ3n) is 7.75. The van der Waals surface area contributed by atoms with Crippen LogP contribution in [0.3, 0.4) is 0 Å². The van der Waals surface area contributed by atoms with Gasteiger partial charge in [0.2, 0.25) is 5.91 Å². The molecule has 8 nitrogen and oxygen atoms in total. The van der Waals surface area contributed by atoms with Crippen LogP contribution in [-0.4, -0.2) is 77.7 Å². The van der Waals surface area contributed by atoms with Gasteiger partial charge in [-0.3, -0.25) is 9.69 Å². The van der Waals surface area contributed by atoms with Gasteiger partial charge in [0.05, 0.1) is 37.4 Å². The summed E-state index contributed by atoms with van der Waals surface area (Å²) in [5, 5.41) is 2.77. The first kappa shape index (κ1) is 25.9. The minimum absolute atomic E-state index is 0.118. The fourth-order valence-electron chi connectivity index (χ4n) is 5.84. The van der Waals surface area contributed by atoms with Gasteiger partial charge in [-0.15, -0.1) is 0 Å². The number of carbonyl (C=O) groups is 2. The summed E-state index contributed by atoms with van der Waals surface area (Å²) in [5.41, 5.74) is 2.87. The van der Waals surface area contributed by atoms with E-state index in [1.807, 2.05) is 46.4 Å². The highest BCUT2D eigenvalue weighted by molar-refractivity contribution is 8.16. The fraction of sp³-hybridized carbons (Fsp3) is 0.536. The predicted molar refractivity (Wildman–Crippen MR) is 145 cm³/mol. The predicted octanol–water partition coefficient (Wildman–Crippen LogP) is 4.31. The highest BCUT2D eigenvalue weighted by Crippen LogP contribution is 2.45. The smallest absolute Gasteiger partial charge is 0.338 e.